The molecule has 3 heteroatoms. The van der Waals surface area contributed by atoms with Crippen molar-refractivity contribution >= 4 is 0 Å². The predicted octanol–water partition coefficient (Wildman–Crippen LogP) is 8.05. The molecular weight excluding hydrogens is 373 g/mol. The summed E-state index contributed by atoms with van der Waals surface area (Å²) < 4.78 is 19.5. The third kappa shape index (κ3) is 7.00. The molecule has 166 valence electrons. The van der Waals surface area contributed by atoms with E-state index >= 15 is 0 Å². The Morgan fingerprint density at radius 1 is 0.900 bits per heavy atom. The molecule has 2 aliphatic rings. The molecule has 0 N–H and O–H groups in total. The summed E-state index contributed by atoms with van der Waals surface area (Å²) >= 11 is 0. The summed E-state index contributed by atoms with van der Waals surface area (Å²) in [7, 11) is 0. The van der Waals surface area contributed by atoms with Crippen LogP contribution in [-0.2, 0) is 0 Å². The lowest BCUT2D eigenvalue weighted by Crippen LogP contribution is -2.26. The van der Waals surface area contributed by atoms with Crippen LogP contribution in [0.25, 0.3) is 0 Å². The standard InChI is InChI=1S/C27H40FNO/c1-2-3-4-6-21-8-13-24(14-9-21)25-15-10-22(11-16-25)7-5-18-30-27-17-12-23(20-29)19-26(27)28/h12,17,19,21-22,24-25H,2-11,13-16,18H2,1H3/t21-,22?,24-,25?. The number of nitrogens with zero attached hydrogens (tertiary/aromatic N) is 1. The van der Waals surface area contributed by atoms with E-state index in [1.165, 1.54) is 89.5 Å². The first kappa shape index (κ1) is 23.1. The SMILES string of the molecule is CCCCC[C@H]1CC[C@H](C2CCC(CCCOc3ccc(C#N)cc3F)CC2)CC1. The quantitative estimate of drug-likeness (QED) is 0.363. The van der Waals surface area contributed by atoms with Crippen molar-refractivity contribution in [2.45, 2.75) is 96.8 Å². The van der Waals surface area contributed by atoms with Gasteiger partial charge in [0.25, 0.3) is 0 Å². The fourth-order valence-corrected chi connectivity index (χ4v) is 5.82. The first-order valence-corrected chi connectivity index (χ1v) is 12.5. The van der Waals surface area contributed by atoms with Crippen molar-refractivity contribution in [2.24, 2.45) is 23.7 Å². The number of benzene rings is 1. The van der Waals surface area contributed by atoms with E-state index in [9.17, 15) is 4.39 Å². The highest BCUT2D eigenvalue weighted by Crippen LogP contribution is 2.43. The monoisotopic (exact) mass is 413 g/mol. The molecule has 0 radical (unpaired) electrons. The highest BCUT2D eigenvalue weighted by molar-refractivity contribution is 5.35. The second kappa shape index (κ2) is 12.3. The zero-order valence-electron chi connectivity index (χ0n) is 18.9. The van der Waals surface area contributed by atoms with E-state index in [4.69, 9.17) is 10.00 Å². The second-order valence-corrected chi connectivity index (χ2v) is 9.81. The molecule has 2 fully saturated rings. The van der Waals surface area contributed by atoms with Gasteiger partial charge >= 0.3 is 0 Å². The Kier molecular flexibility index (Phi) is 9.50. The largest absolute Gasteiger partial charge is 0.491 e. The summed E-state index contributed by atoms with van der Waals surface area (Å²) in [5.41, 5.74) is 0.335. The summed E-state index contributed by atoms with van der Waals surface area (Å²) in [6, 6.07) is 6.37. The Morgan fingerprint density at radius 2 is 1.50 bits per heavy atom. The van der Waals surface area contributed by atoms with E-state index in [0.717, 1.165) is 30.1 Å². The molecule has 0 aromatic heterocycles. The number of hydrogen-bond donors (Lipinski definition) is 0. The summed E-state index contributed by atoms with van der Waals surface area (Å²) in [6.45, 7) is 2.86. The molecule has 30 heavy (non-hydrogen) atoms. The molecule has 0 atom stereocenters. The Hall–Kier alpha value is -1.56. The lowest BCUT2D eigenvalue weighted by atomic mass is 9.68. The lowest BCUT2D eigenvalue weighted by molar-refractivity contribution is 0.137. The first-order chi connectivity index (χ1) is 14.7. The fourth-order valence-electron chi connectivity index (χ4n) is 5.82. The van der Waals surface area contributed by atoms with Gasteiger partial charge in [0.15, 0.2) is 11.6 Å². The molecule has 0 bridgehead atoms. The van der Waals surface area contributed by atoms with Crippen molar-refractivity contribution in [1.29, 1.82) is 5.26 Å². The van der Waals surface area contributed by atoms with E-state index in [2.05, 4.69) is 6.92 Å². The molecule has 0 saturated heterocycles. The van der Waals surface area contributed by atoms with Gasteiger partial charge in [0.1, 0.15) is 0 Å². The van der Waals surface area contributed by atoms with E-state index in [0.29, 0.717) is 12.2 Å². The lowest BCUT2D eigenvalue weighted by Gasteiger charge is -2.38. The Balaban J connectivity index is 1.28. The van der Waals surface area contributed by atoms with Crippen LogP contribution >= 0.6 is 0 Å². The van der Waals surface area contributed by atoms with Crippen molar-refractivity contribution in [3.05, 3.63) is 29.6 Å². The van der Waals surface area contributed by atoms with Gasteiger partial charge in [0, 0.05) is 0 Å². The minimum Gasteiger partial charge on any atom is -0.491 e. The summed E-state index contributed by atoms with van der Waals surface area (Å²) in [4.78, 5) is 0. The van der Waals surface area contributed by atoms with Crippen molar-refractivity contribution in [2.75, 3.05) is 6.61 Å². The molecule has 0 aliphatic heterocycles. The summed E-state index contributed by atoms with van der Waals surface area (Å²) in [5, 5.41) is 8.81. The molecule has 0 heterocycles. The molecule has 0 amide bonds. The van der Waals surface area contributed by atoms with Crippen LogP contribution in [0, 0.1) is 40.8 Å². The van der Waals surface area contributed by atoms with Gasteiger partial charge in [-0.2, -0.15) is 5.26 Å². The van der Waals surface area contributed by atoms with E-state index in [1.54, 1.807) is 12.1 Å². The van der Waals surface area contributed by atoms with E-state index in [1.807, 2.05) is 6.07 Å². The Bertz CT molecular complexity index is 666. The maximum Gasteiger partial charge on any atom is 0.166 e. The van der Waals surface area contributed by atoms with Crippen LogP contribution in [0.4, 0.5) is 4.39 Å². The molecule has 3 rings (SSSR count). The molecule has 2 saturated carbocycles. The topological polar surface area (TPSA) is 33.0 Å². The molecule has 1 aromatic carbocycles. The molecule has 2 aliphatic carbocycles. The molecular formula is C27H40FNO. The molecule has 2 nitrogen and oxygen atoms in total. The van der Waals surface area contributed by atoms with Crippen molar-refractivity contribution < 1.29 is 9.13 Å². The van der Waals surface area contributed by atoms with Gasteiger partial charge in [-0.1, -0.05) is 58.3 Å². The van der Waals surface area contributed by atoms with E-state index in [-0.39, 0.29) is 5.75 Å². The third-order valence-corrected chi connectivity index (χ3v) is 7.74. The first-order valence-electron chi connectivity index (χ1n) is 12.5. The smallest absolute Gasteiger partial charge is 0.166 e. The molecule has 0 spiro atoms. The van der Waals surface area contributed by atoms with Gasteiger partial charge in [-0.05, 0) is 80.4 Å². The van der Waals surface area contributed by atoms with Gasteiger partial charge in [-0.3, -0.25) is 0 Å². The number of halogens is 1. The average molecular weight is 414 g/mol. The van der Waals surface area contributed by atoms with Crippen LogP contribution in [0.3, 0.4) is 0 Å². The van der Waals surface area contributed by atoms with Crippen LogP contribution in [0.5, 0.6) is 5.75 Å². The van der Waals surface area contributed by atoms with Crippen molar-refractivity contribution in [1.82, 2.24) is 0 Å². The Labute approximate surface area is 183 Å². The zero-order chi connectivity index (χ0) is 21.2. The fraction of sp³-hybridized carbons (Fsp3) is 0.741. The zero-order valence-corrected chi connectivity index (χ0v) is 18.9. The summed E-state index contributed by atoms with van der Waals surface area (Å²) in [6.07, 6.45) is 19.4. The Morgan fingerprint density at radius 3 is 2.03 bits per heavy atom. The highest BCUT2D eigenvalue weighted by atomic mass is 19.1. The minimum absolute atomic E-state index is 0.267. The average Bonchev–Trinajstić information content (AvgIpc) is 2.78. The van der Waals surface area contributed by atoms with Crippen LogP contribution in [0.15, 0.2) is 18.2 Å². The van der Waals surface area contributed by atoms with Gasteiger partial charge in [0.2, 0.25) is 0 Å². The number of hydrogen-bond acceptors (Lipinski definition) is 2. The summed E-state index contributed by atoms with van der Waals surface area (Å²) in [5.74, 6) is 3.64. The maximum atomic E-state index is 13.9. The van der Waals surface area contributed by atoms with Gasteiger partial charge in [0.05, 0.1) is 18.2 Å². The van der Waals surface area contributed by atoms with Crippen LogP contribution < -0.4 is 4.74 Å². The van der Waals surface area contributed by atoms with Crippen molar-refractivity contribution in [3.8, 4) is 11.8 Å². The van der Waals surface area contributed by atoms with Crippen molar-refractivity contribution in [3.63, 3.8) is 0 Å². The van der Waals surface area contributed by atoms with Gasteiger partial charge in [-0.25, -0.2) is 4.39 Å². The second-order valence-electron chi connectivity index (χ2n) is 9.81. The van der Waals surface area contributed by atoms with Crippen LogP contribution in [0.2, 0.25) is 0 Å². The third-order valence-electron chi connectivity index (χ3n) is 7.74. The molecule has 1 aromatic rings. The normalized spacial score (nSPS) is 26.8. The van der Waals surface area contributed by atoms with Crippen LogP contribution in [0.1, 0.15) is 102 Å². The van der Waals surface area contributed by atoms with Gasteiger partial charge in [-0.15, -0.1) is 0 Å². The highest BCUT2D eigenvalue weighted by Gasteiger charge is 2.30. The minimum atomic E-state index is -0.436. The van der Waals surface area contributed by atoms with Gasteiger partial charge < -0.3 is 4.74 Å². The molecule has 0 unspecified atom stereocenters. The number of rotatable bonds is 10. The number of ether oxygens (including phenoxy) is 1. The number of unbranched alkanes of at least 4 members (excludes halogenated alkanes) is 2. The van der Waals surface area contributed by atoms with Crippen LogP contribution in [-0.4, -0.2) is 6.61 Å². The number of nitriles is 1. The predicted molar refractivity (Wildman–Crippen MR) is 121 cm³/mol. The van der Waals surface area contributed by atoms with E-state index < -0.39 is 5.82 Å². The maximum absolute atomic E-state index is 13.9.